The normalized spacial score (nSPS) is 16.9. The van der Waals surface area contributed by atoms with Crippen LogP contribution in [-0.4, -0.2) is 62.3 Å². The molecule has 1 aromatic rings. The summed E-state index contributed by atoms with van der Waals surface area (Å²) >= 11 is 1.48. The Morgan fingerprint density at radius 1 is 1.46 bits per heavy atom. The molecule has 24 heavy (non-hydrogen) atoms. The number of nitrogens with zero attached hydrogens (tertiary/aromatic N) is 4. The Hall–Kier alpha value is -2.36. The molecule has 2 rings (SSSR count). The van der Waals surface area contributed by atoms with E-state index in [9.17, 15) is 19.7 Å². The molecule has 9 nitrogen and oxygen atoms in total. The van der Waals surface area contributed by atoms with E-state index in [0.717, 1.165) is 6.07 Å². The van der Waals surface area contributed by atoms with Crippen LogP contribution >= 0.6 is 11.8 Å². The first kappa shape index (κ1) is 18.0. The van der Waals surface area contributed by atoms with Crippen molar-refractivity contribution < 1.29 is 14.5 Å². The van der Waals surface area contributed by atoms with Crippen molar-refractivity contribution in [2.45, 2.75) is 19.9 Å². The zero-order chi connectivity index (χ0) is 17.9. The molecule has 0 radical (unpaired) electrons. The van der Waals surface area contributed by atoms with Gasteiger partial charge in [-0.15, -0.1) is 11.8 Å². The number of aromatic nitrogens is 1. The van der Waals surface area contributed by atoms with E-state index in [1.54, 1.807) is 4.90 Å². The average Bonchev–Trinajstić information content (AvgIpc) is 3.04. The third kappa shape index (κ3) is 3.42. The van der Waals surface area contributed by atoms with Gasteiger partial charge in [0.05, 0.1) is 10.8 Å². The summed E-state index contributed by atoms with van der Waals surface area (Å²) in [6.07, 6.45) is 0. The predicted molar refractivity (Wildman–Crippen MR) is 90.5 cm³/mol. The maximum Gasteiger partial charge on any atom is 0.311 e. The highest BCUT2D eigenvalue weighted by molar-refractivity contribution is 7.99. The smallest absolute Gasteiger partial charge is 0.311 e. The van der Waals surface area contributed by atoms with Crippen molar-refractivity contribution in [1.82, 2.24) is 14.8 Å². The fourth-order valence-corrected chi connectivity index (χ4v) is 3.63. The number of likely N-dealkylation sites (N-methyl/N-ethyl adjacent to an activating group) is 1. The molecule has 2 N–H and O–H groups in total. The van der Waals surface area contributed by atoms with Gasteiger partial charge in [0.1, 0.15) is 11.7 Å². The third-order valence-electron chi connectivity index (χ3n) is 3.82. The van der Waals surface area contributed by atoms with Crippen LogP contribution in [0, 0.1) is 10.1 Å². The zero-order valence-corrected chi connectivity index (χ0v) is 14.3. The first-order valence-corrected chi connectivity index (χ1v) is 8.64. The highest BCUT2D eigenvalue weighted by Crippen LogP contribution is 2.26. The van der Waals surface area contributed by atoms with Gasteiger partial charge >= 0.3 is 5.69 Å². The van der Waals surface area contributed by atoms with Gasteiger partial charge in [0, 0.05) is 24.9 Å². The Bertz CT molecular complexity index is 665. The van der Waals surface area contributed by atoms with E-state index in [4.69, 9.17) is 5.73 Å². The van der Waals surface area contributed by atoms with Gasteiger partial charge < -0.3 is 15.5 Å². The lowest BCUT2D eigenvalue weighted by Crippen LogP contribution is -2.49. The van der Waals surface area contributed by atoms with Crippen LogP contribution < -0.4 is 5.73 Å². The maximum absolute atomic E-state index is 12.6. The quantitative estimate of drug-likeness (QED) is 0.617. The van der Waals surface area contributed by atoms with E-state index in [1.807, 2.05) is 13.8 Å². The van der Waals surface area contributed by atoms with Crippen molar-refractivity contribution in [1.29, 1.82) is 0 Å². The molecule has 10 heteroatoms. The van der Waals surface area contributed by atoms with Crippen LogP contribution in [0.15, 0.2) is 12.1 Å². The molecule has 0 saturated carbocycles. The molecule has 130 valence electrons. The summed E-state index contributed by atoms with van der Waals surface area (Å²) in [7, 11) is 0. The van der Waals surface area contributed by atoms with Gasteiger partial charge in [-0.2, -0.15) is 0 Å². The van der Waals surface area contributed by atoms with Crippen molar-refractivity contribution in [3.05, 3.63) is 27.9 Å². The van der Waals surface area contributed by atoms with Crippen LogP contribution in [0.4, 0.5) is 11.5 Å². The first-order chi connectivity index (χ1) is 11.4. The minimum Gasteiger partial charge on any atom is -0.378 e. The number of rotatable bonds is 5. The Morgan fingerprint density at radius 2 is 2.12 bits per heavy atom. The SMILES string of the molecule is CCN(CC)C(=O)[C@@H]1CSCN1C(=O)c1ccc([N+](=O)[O-])c(N)n1. The fourth-order valence-electron chi connectivity index (χ4n) is 2.48. The number of anilines is 1. The van der Waals surface area contributed by atoms with Crippen molar-refractivity contribution in [3.8, 4) is 0 Å². The standard InChI is InChI=1S/C14H19N5O4S/c1-3-17(4-2)14(21)11-7-24-8-18(11)13(20)9-5-6-10(19(22)23)12(15)16-9/h5-6,11H,3-4,7-8H2,1-2H3,(H2,15,16)/t11-/m0/s1. The number of amides is 2. The van der Waals surface area contributed by atoms with E-state index in [0.29, 0.717) is 24.7 Å². The van der Waals surface area contributed by atoms with Crippen LogP contribution in [0.5, 0.6) is 0 Å². The van der Waals surface area contributed by atoms with E-state index in [2.05, 4.69) is 4.98 Å². The van der Waals surface area contributed by atoms with Gasteiger partial charge in [0.25, 0.3) is 5.91 Å². The van der Waals surface area contributed by atoms with Crippen LogP contribution in [0.1, 0.15) is 24.3 Å². The third-order valence-corrected chi connectivity index (χ3v) is 4.83. The Morgan fingerprint density at radius 3 is 2.67 bits per heavy atom. The summed E-state index contributed by atoms with van der Waals surface area (Å²) in [4.78, 5) is 42.3. The number of hydrogen-bond acceptors (Lipinski definition) is 7. The Labute approximate surface area is 143 Å². The van der Waals surface area contributed by atoms with E-state index < -0.39 is 16.9 Å². The molecule has 1 aliphatic rings. The van der Waals surface area contributed by atoms with Crippen molar-refractivity contribution in [2.24, 2.45) is 0 Å². The molecule has 1 fully saturated rings. The first-order valence-electron chi connectivity index (χ1n) is 7.49. The second-order valence-corrected chi connectivity index (χ2v) is 6.16. The van der Waals surface area contributed by atoms with Gasteiger partial charge in [-0.1, -0.05) is 0 Å². The number of carbonyl (C=O) groups is 2. The molecule has 0 spiro atoms. The molecule has 1 aliphatic heterocycles. The lowest BCUT2D eigenvalue weighted by molar-refractivity contribution is -0.384. The fraction of sp³-hybridized carbons (Fsp3) is 0.500. The summed E-state index contributed by atoms with van der Waals surface area (Å²) in [5.41, 5.74) is 5.19. The summed E-state index contributed by atoms with van der Waals surface area (Å²) in [6.45, 7) is 4.91. The molecule has 0 aromatic carbocycles. The monoisotopic (exact) mass is 353 g/mol. The van der Waals surface area contributed by atoms with Crippen LogP contribution in [0.25, 0.3) is 0 Å². The molecule has 1 aromatic heterocycles. The highest BCUT2D eigenvalue weighted by atomic mass is 32.2. The van der Waals surface area contributed by atoms with Crippen LogP contribution in [0.2, 0.25) is 0 Å². The lowest BCUT2D eigenvalue weighted by Gasteiger charge is -2.28. The average molecular weight is 353 g/mol. The number of pyridine rings is 1. The van der Waals surface area contributed by atoms with Gasteiger partial charge in [0.2, 0.25) is 11.7 Å². The Kier molecular flexibility index (Phi) is 5.60. The summed E-state index contributed by atoms with van der Waals surface area (Å²) < 4.78 is 0. The number of nitrogen functional groups attached to an aromatic ring is 1. The topological polar surface area (TPSA) is 123 Å². The summed E-state index contributed by atoms with van der Waals surface area (Å²) in [6, 6.07) is 1.86. The minimum atomic E-state index is -0.658. The second-order valence-electron chi connectivity index (χ2n) is 5.16. The second kappa shape index (κ2) is 7.47. The van der Waals surface area contributed by atoms with Crippen LogP contribution in [-0.2, 0) is 4.79 Å². The summed E-state index contributed by atoms with van der Waals surface area (Å²) in [5.74, 6) is 0.0168. The largest absolute Gasteiger partial charge is 0.378 e. The number of hydrogen-bond donors (Lipinski definition) is 1. The molecule has 1 atom stereocenters. The number of carbonyl (C=O) groups excluding carboxylic acids is 2. The van der Waals surface area contributed by atoms with Crippen LogP contribution in [0.3, 0.4) is 0 Å². The van der Waals surface area contributed by atoms with E-state index in [1.165, 1.54) is 22.7 Å². The van der Waals surface area contributed by atoms with E-state index in [-0.39, 0.29) is 23.1 Å². The molecule has 0 unspecified atom stereocenters. The van der Waals surface area contributed by atoms with Crippen molar-refractivity contribution in [3.63, 3.8) is 0 Å². The van der Waals surface area contributed by atoms with Gasteiger partial charge in [-0.25, -0.2) is 4.98 Å². The molecular weight excluding hydrogens is 334 g/mol. The molecule has 0 bridgehead atoms. The number of thioether (sulfide) groups is 1. The van der Waals surface area contributed by atoms with E-state index >= 15 is 0 Å². The van der Waals surface area contributed by atoms with Gasteiger partial charge in [-0.05, 0) is 19.9 Å². The maximum atomic E-state index is 12.6. The molecule has 2 heterocycles. The molecule has 2 amide bonds. The molecular formula is C14H19N5O4S. The Balaban J connectivity index is 2.23. The highest BCUT2D eigenvalue weighted by Gasteiger charge is 2.37. The van der Waals surface area contributed by atoms with Crippen molar-refractivity contribution >= 4 is 35.1 Å². The number of nitro groups is 1. The molecule has 1 saturated heterocycles. The van der Waals surface area contributed by atoms with Gasteiger partial charge in [-0.3, -0.25) is 19.7 Å². The molecule has 0 aliphatic carbocycles. The minimum absolute atomic E-state index is 0.00190. The lowest BCUT2D eigenvalue weighted by atomic mass is 10.2. The zero-order valence-electron chi connectivity index (χ0n) is 13.5. The van der Waals surface area contributed by atoms with Crippen molar-refractivity contribution in [2.75, 3.05) is 30.5 Å². The summed E-state index contributed by atoms with van der Waals surface area (Å²) in [5, 5.41) is 10.8. The number of nitrogens with two attached hydrogens (primary N) is 1. The predicted octanol–water partition coefficient (Wildman–Crippen LogP) is 0.955. The van der Waals surface area contributed by atoms with Gasteiger partial charge in [0.15, 0.2) is 0 Å².